The zero-order valence-corrected chi connectivity index (χ0v) is 13.5. The van der Waals surface area contributed by atoms with Crippen LogP contribution < -0.4 is 5.32 Å². The van der Waals surface area contributed by atoms with Gasteiger partial charge in [-0.15, -0.1) is 0 Å². The molecule has 0 aliphatic carbocycles. The average molecular weight is 394 g/mol. The summed E-state index contributed by atoms with van der Waals surface area (Å²) in [6.45, 7) is 2.34. The van der Waals surface area contributed by atoms with E-state index in [1.54, 1.807) is 0 Å². The highest BCUT2D eigenvalue weighted by Crippen LogP contribution is 2.35. The molecule has 104 valence electrons. The standard InChI is InChI=1S/C14H17ClINO2/c15-12-7-10(16)1-2-13(12)17-11-3-5-19-14(8-11)4-6-18-9-14/h1-2,7,11,17H,3-6,8-9H2. The van der Waals surface area contributed by atoms with Gasteiger partial charge in [-0.25, -0.2) is 0 Å². The molecule has 2 aliphatic rings. The summed E-state index contributed by atoms with van der Waals surface area (Å²) in [5, 5.41) is 4.34. The van der Waals surface area contributed by atoms with Crippen molar-refractivity contribution < 1.29 is 9.47 Å². The highest BCUT2D eigenvalue weighted by atomic mass is 127. The third-order valence-electron chi connectivity index (χ3n) is 3.85. The molecule has 1 spiro atoms. The number of benzene rings is 1. The Labute approximate surface area is 132 Å². The van der Waals surface area contributed by atoms with Gasteiger partial charge in [0.05, 0.1) is 22.9 Å². The van der Waals surface area contributed by atoms with E-state index in [1.807, 2.05) is 6.07 Å². The second kappa shape index (κ2) is 5.76. The Hall–Kier alpha value is -0.0400. The van der Waals surface area contributed by atoms with Gasteiger partial charge in [-0.05, 0) is 53.6 Å². The van der Waals surface area contributed by atoms with Gasteiger partial charge in [-0.1, -0.05) is 11.6 Å². The van der Waals surface area contributed by atoms with Crippen LogP contribution in [0.25, 0.3) is 0 Å². The molecule has 3 rings (SSSR count). The van der Waals surface area contributed by atoms with Crippen LogP contribution in [0.3, 0.4) is 0 Å². The van der Waals surface area contributed by atoms with Gasteiger partial charge < -0.3 is 14.8 Å². The van der Waals surface area contributed by atoms with Crippen LogP contribution >= 0.6 is 34.2 Å². The van der Waals surface area contributed by atoms with Gasteiger partial charge in [-0.3, -0.25) is 0 Å². The molecule has 0 radical (unpaired) electrons. The largest absolute Gasteiger partial charge is 0.381 e. The van der Waals surface area contributed by atoms with E-state index in [0.29, 0.717) is 6.04 Å². The SMILES string of the molecule is Clc1cc(I)ccc1NC1CCOC2(CCOC2)C1. The van der Waals surface area contributed by atoms with Crippen molar-refractivity contribution in [3.63, 3.8) is 0 Å². The van der Waals surface area contributed by atoms with Crippen molar-refractivity contribution in [1.82, 2.24) is 0 Å². The van der Waals surface area contributed by atoms with Gasteiger partial charge in [0.2, 0.25) is 0 Å². The van der Waals surface area contributed by atoms with Crippen LogP contribution in [-0.2, 0) is 9.47 Å². The van der Waals surface area contributed by atoms with E-state index >= 15 is 0 Å². The van der Waals surface area contributed by atoms with Gasteiger partial charge in [0.15, 0.2) is 0 Å². The molecule has 0 amide bonds. The second-order valence-corrected chi connectivity index (χ2v) is 6.95. The first kappa shape index (κ1) is 13.9. The fraction of sp³-hybridized carbons (Fsp3) is 0.571. The minimum Gasteiger partial charge on any atom is -0.381 e. The van der Waals surface area contributed by atoms with E-state index in [-0.39, 0.29) is 5.60 Å². The summed E-state index contributed by atoms with van der Waals surface area (Å²) in [5.74, 6) is 0. The van der Waals surface area contributed by atoms with Crippen LogP contribution in [0.2, 0.25) is 5.02 Å². The fourth-order valence-corrected chi connectivity index (χ4v) is 3.75. The highest BCUT2D eigenvalue weighted by molar-refractivity contribution is 14.1. The predicted molar refractivity (Wildman–Crippen MR) is 84.9 cm³/mol. The number of halogens is 2. The predicted octanol–water partition coefficient (Wildman–Crippen LogP) is 3.69. The van der Waals surface area contributed by atoms with E-state index in [9.17, 15) is 0 Å². The van der Waals surface area contributed by atoms with E-state index in [4.69, 9.17) is 21.1 Å². The van der Waals surface area contributed by atoms with Crippen molar-refractivity contribution in [1.29, 1.82) is 0 Å². The monoisotopic (exact) mass is 393 g/mol. The molecule has 5 heteroatoms. The summed E-state index contributed by atoms with van der Waals surface area (Å²) in [7, 11) is 0. The Morgan fingerprint density at radius 1 is 1.37 bits per heavy atom. The topological polar surface area (TPSA) is 30.5 Å². The Kier molecular flexibility index (Phi) is 4.22. The van der Waals surface area contributed by atoms with Crippen molar-refractivity contribution in [2.45, 2.75) is 30.9 Å². The minimum absolute atomic E-state index is 0.0639. The zero-order chi connectivity index (χ0) is 13.3. The Morgan fingerprint density at radius 2 is 2.26 bits per heavy atom. The summed E-state index contributed by atoms with van der Waals surface area (Å²) in [4.78, 5) is 0. The molecule has 2 fully saturated rings. The van der Waals surface area contributed by atoms with Crippen LogP contribution in [0.1, 0.15) is 19.3 Å². The van der Waals surface area contributed by atoms with Crippen molar-refractivity contribution >= 4 is 39.9 Å². The molecular weight excluding hydrogens is 377 g/mol. The lowest BCUT2D eigenvalue weighted by Crippen LogP contribution is -2.44. The summed E-state index contributed by atoms with van der Waals surface area (Å²) in [6.07, 6.45) is 3.02. The first-order valence-electron chi connectivity index (χ1n) is 6.60. The van der Waals surface area contributed by atoms with Gasteiger partial charge >= 0.3 is 0 Å². The van der Waals surface area contributed by atoms with Crippen LogP contribution in [0.5, 0.6) is 0 Å². The van der Waals surface area contributed by atoms with E-state index in [0.717, 1.165) is 53.4 Å². The van der Waals surface area contributed by atoms with Crippen LogP contribution in [0.4, 0.5) is 5.69 Å². The van der Waals surface area contributed by atoms with Crippen LogP contribution in [0, 0.1) is 3.57 Å². The number of nitrogens with one attached hydrogen (secondary N) is 1. The van der Waals surface area contributed by atoms with Crippen LogP contribution in [0.15, 0.2) is 18.2 Å². The highest BCUT2D eigenvalue weighted by Gasteiger charge is 2.41. The van der Waals surface area contributed by atoms with Gasteiger partial charge in [0, 0.05) is 29.2 Å². The molecule has 0 bridgehead atoms. The maximum absolute atomic E-state index is 6.28. The Morgan fingerprint density at radius 3 is 3.00 bits per heavy atom. The lowest BCUT2D eigenvalue weighted by atomic mass is 9.89. The average Bonchev–Trinajstić information content (AvgIpc) is 2.81. The first-order chi connectivity index (χ1) is 9.17. The third-order valence-corrected chi connectivity index (χ3v) is 4.83. The number of hydrogen-bond acceptors (Lipinski definition) is 3. The molecule has 2 atom stereocenters. The van der Waals surface area contributed by atoms with Crippen molar-refractivity contribution in [2.75, 3.05) is 25.1 Å². The van der Waals surface area contributed by atoms with E-state index in [2.05, 4.69) is 40.0 Å². The second-order valence-electron chi connectivity index (χ2n) is 5.29. The number of rotatable bonds is 2. The molecule has 2 heterocycles. The van der Waals surface area contributed by atoms with E-state index in [1.165, 1.54) is 0 Å². The molecule has 1 aromatic rings. The van der Waals surface area contributed by atoms with Crippen molar-refractivity contribution in [2.24, 2.45) is 0 Å². The Bertz CT molecular complexity index is 463. The molecule has 19 heavy (non-hydrogen) atoms. The molecule has 1 N–H and O–H groups in total. The Balaban J connectivity index is 1.69. The number of anilines is 1. The zero-order valence-electron chi connectivity index (χ0n) is 10.6. The van der Waals surface area contributed by atoms with Crippen LogP contribution in [-0.4, -0.2) is 31.5 Å². The van der Waals surface area contributed by atoms with Gasteiger partial charge in [-0.2, -0.15) is 0 Å². The molecule has 3 nitrogen and oxygen atoms in total. The minimum atomic E-state index is -0.0639. The molecule has 2 unspecified atom stereocenters. The summed E-state index contributed by atoms with van der Waals surface area (Å²) >= 11 is 8.55. The fourth-order valence-electron chi connectivity index (χ4n) is 2.84. The molecule has 2 saturated heterocycles. The normalized spacial score (nSPS) is 30.7. The smallest absolute Gasteiger partial charge is 0.0956 e. The summed E-state index contributed by atoms with van der Waals surface area (Å²) in [5.41, 5.74) is 0.953. The lowest BCUT2D eigenvalue weighted by Gasteiger charge is -2.37. The maximum atomic E-state index is 6.28. The summed E-state index contributed by atoms with van der Waals surface area (Å²) in [6, 6.07) is 6.52. The molecule has 2 aliphatic heterocycles. The lowest BCUT2D eigenvalue weighted by molar-refractivity contribution is -0.0828. The van der Waals surface area contributed by atoms with Gasteiger partial charge in [0.1, 0.15) is 0 Å². The quantitative estimate of drug-likeness (QED) is 0.777. The summed E-state index contributed by atoms with van der Waals surface area (Å²) < 4.78 is 12.6. The first-order valence-corrected chi connectivity index (χ1v) is 8.06. The molecule has 0 saturated carbocycles. The third kappa shape index (κ3) is 3.17. The van der Waals surface area contributed by atoms with Crippen molar-refractivity contribution in [3.8, 4) is 0 Å². The van der Waals surface area contributed by atoms with Crippen molar-refractivity contribution in [3.05, 3.63) is 26.8 Å². The number of ether oxygens (including phenoxy) is 2. The molecule has 0 aromatic heterocycles. The molecular formula is C14H17ClINO2. The molecule has 1 aromatic carbocycles. The van der Waals surface area contributed by atoms with Gasteiger partial charge in [0.25, 0.3) is 0 Å². The number of hydrogen-bond donors (Lipinski definition) is 1. The van der Waals surface area contributed by atoms with E-state index < -0.39 is 0 Å². The maximum Gasteiger partial charge on any atom is 0.0956 e.